The Morgan fingerprint density at radius 3 is 2.62 bits per heavy atom. The molecule has 1 rings (SSSR count). The maximum absolute atomic E-state index is 5.90. The van der Waals surface area contributed by atoms with Crippen LogP contribution in [0.2, 0.25) is 0 Å². The summed E-state index contributed by atoms with van der Waals surface area (Å²) >= 11 is 0. The summed E-state index contributed by atoms with van der Waals surface area (Å²) in [6.07, 6.45) is 2.60. The van der Waals surface area contributed by atoms with E-state index in [1.807, 2.05) is 0 Å². The molecular formula is C20H43N5O. The molecule has 2 N–H and O–H groups in total. The molecule has 0 aromatic heterocycles. The topological polar surface area (TPSA) is 52.1 Å². The van der Waals surface area contributed by atoms with Gasteiger partial charge in [-0.1, -0.05) is 27.7 Å². The summed E-state index contributed by atoms with van der Waals surface area (Å²) in [4.78, 5) is 9.72. The smallest absolute Gasteiger partial charge is 0.191 e. The molecule has 6 heteroatoms. The second kappa shape index (κ2) is 14.2. The average Bonchev–Trinajstić information content (AvgIpc) is 2.62. The van der Waals surface area contributed by atoms with Crippen LogP contribution < -0.4 is 10.6 Å². The summed E-state index contributed by atoms with van der Waals surface area (Å²) in [5, 5.41) is 6.81. The monoisotopic (exact) mass is 369 g/mol. The van der Waals surface area contributed by atoms with E-state index in [4.69, 9.17) is 9.73 Å². The zero-order valence-corrected chi connectivity index (χ0v) is 17.9. The predicted molar refractivity (Wildman–Crippen MR) is 112 cm³/mol. The van der Waals surface area contributed by atoms with Crippen LogP contribution >= 0.6 is 0 Å². The summed E-state index contributed by atoms with van der Waals surface area (Å²) in [7, 11) is 0. The van der Waals surface area contributed by atoms with E-state index in [1.54, 1.807) is 0 Å². The van der Waals surface area contributed by atoms with Crippen molar-refractivity contribution in [2.45, 2.75) is 53.6 Å². The summed E-state index contributed by atoms with van der Waals surface area (Å²) in [5.41, 5.74) is 0. The first-order valence-corrected chi connectivity index (χ1v) is 10.7. The molecule has 1 aliphatic rings. The van der Waals surface area contributed by atoms with Gasteiger partial charge >= 0.3 is 0 Å². The first-order chi connectivity index (χ1) is 12.6. The number of hydrogen-bond donors (Lipinski definition) is 2. The maximum atomic E-state index is 5.90. The Bertz CT molecular complexity index is 371. The van der Waals surface area contributed by atoms with Crippen molar-refractivity contribution in [3.05, 3.63) is 0 Å². The molecule has 1 saturated heterocycles. The number of nitrogens with one attached hydrogen (secondary N) is 2. The molecule has 1 unspecified atom stereocenters. The highest BCUT2D eigenvalue weighted by atomic mass is 16.5. The third-order valence-corrected chi connectivity index (χ3v) is 4.73. The molecule has 0 amide bonds. The number of unbranched alkanes of at least 4 members (excludes halogenated alkanes) is 1. The van der Waals surface area contributed by atoms with E-state index in [9.17, 15) is 0 Å². The number of ether oxygens (including phenoxy) is 1. The van der Waals surface area contributed by atoms with Crippen LogP contribution in [0.5, 0.6) is 0 Å². The van der Waals surface area contributed by atoms with E-state index in [-0.39, 0.29) is 6.10 Å². The minimum Gasteiger partial charge on any atom is -0.374 e. The second-order valence-electron chi connectivity index (χ2n) is 7.53. The first-order valence-electron chi connectivity index (χ1n) is 10.7. The van der Waals surface area contributed by atoms with Gasteiger partial charge in [0, 0.05) is 32.7 Å². The number of morpholine rings is 1. The Kier molecular flexibility index (Phi) is 12.7. The number of guanidine groups is 1. The van der Waals surface area contributed by atoms with Gasteiger partial charge in [-0.05, 0) is 45.3 Å². The fourth-order valence-electron chi connectivity index (χ4n) is 3.31. The van der Waals surface area contributed by atoms with Gasteiger partial charge in [0.25, 0.3) is 0 Å². The van der Waals surface area contributed by atoms with Gasteiger partial charge in [-0.3, -0.25) is 9.89 Å². The van der Waals surface area contributed by atoms with Crippen molar-refractivity contribution in [2.75, 3.05) is 65.5 Å². The molecule has 0 saturated carbocycles. The second-order valence-corrected chi connectivity index (χ2v) is 7.53. The van der Waals surface area contributed by atoms with Gasteiger partial charge in [0.15, 0.2) is 5.96 Å². The van der Waals surface area contributed by atoms with Crippen LogP contribution in [0, 0.1) is 5.92 Å². The van der Waals surface area contributed by atoms with Gasteiger partial charge in [0.2, 0.25) is 0 Å². The highest BCUT2D eigenvalue weighted by Crippen LogP contribution is 2.08. The SMILES string of the molecule is CCNC(=NCC1CN(CC(C)C)CCO1)NCCCCN(CC)CC. The lowest BCUT2D eigenvalue weighted by atomic mass is 10.2. The molecule has 0 aliphatic carbocycles. The van der Waals surface area contributed by atoms with Crippen molar-refractivity contribution in [1.29, 1.82) is 0 Å². The molecule has 1 fully saturated rings. The van der Waals surface area contributed by atoms with Crippen LogP contribution in [0.1, 0.15) is 47.5 Å². The standard InChI is InChI=1S/C20H43N5O/c1-6-21-20(22-11-9-10-12-24(7-2)8-3)23-15-19-17-25(13-14-26-19)16-18(4)5/h18-19H,6-17H2,1-5H3,(H2,21,22,23). The van der Waals surface area contributed by atoms with Crippen molar-refractivity contribution in [3.63, 3.8) is 0 Å². The van der Waals surface area contributed by atoms with Crippen LogP contribution in [0.25, 0.3) is 0 Å². The lowest BCUT2D eigenvalue weighted by Gasteiger charge is -2.33. The van der Waals surface area contributed by atoms with E-state index in [1.165, 1.54) is 19.4 Å². The Hall–Kier alpha value is -0.850. The van der Waals surface area contributed by atoms with E-state index < -0.39 is 0 Å². The van der Waals surface area contributed by atoms with Crippen LogP contribution in [-0.4, -0.2) is 87.4 Å². The Morgan fingerprint density at radius 1 is 1.19 bits per heavy atom. The molecule has 1 atom stereocenters. The van der Waals surface area contributed by atoms with E-state index >= 15 is 0 Å². The van der Waals surface area contributed by atoms with Crippen LogP contribution in [-0.2, 0) is 4.74 Å². The van der Waals surface area contributed by atoms with Crippen molar-refractivity contribution >= 4 is 5.96 Å². The molecule has 0 bridgehead atoms. The first kappa shape index (κ1) is 23.2. The molecule has 154 valence electrons. The molecule has 0 aromatic rings. The number of hydrogen-bond acceptors (Lipinski definition) is 4. The largest absolute Gasteiger partial charge is 0.374 e. The highest BCUT2D eigenvalue weighted by Gasteiger charge is 2.20. The number of rotatable bonds is 12. The van der Waals surface area contributed by atoms with Crippen LogP contribution in [0.3, 0.4) is 0 Å². The van der Waals surface area contributed by atoms with Gasteiger partial charge in [-0.2, -0.15) is 0 Å². The van der Waals surface area contributed by atoms with E-state index in [2.05, 4.69) is 55.1 Å². The molecule has 0 spiro atoms. The number of nitrogens with zero attached hydrogens (tertiary/aromatic N) is 3. The molecule has 0 radical (unpaired) electrons. The van der Waals surface area contributed by atoms with Crippen LogP contribution in [0.4, 0.5) is 0 Å². The summed E-state index contributed by atoms with van der Waals surface area (Å²) in [6.45, 7) is 21.2. The molecule has 1 heterocycles. The maximum Gasteiger partial charge on any atom is 0.191 e. The third kappa shape index (κ3) is 10.3. The van der Waals surface area contributed by atoms with Gasteiger partial charge in [-0.15, -0.1) is 0 Å². The quantitative estimate of drug-likeness (QED) is 0.313. The molecule has 0 aromatic carbocycles. The fourth-order valence-corrected chi connectivity index (χ4v) is 3.31. The van der Waals surface area contributed by atoms with Crippen molar-refractivity contribution < 1.29 is 4.74 Å². The van der Waals surface area contributed by atoms with Crippen molar-refractivity contribution in [2.24, 2.45) is 10.9 Å². The Balaban J connectivity index is 2.31. The molecule has 6 nitrogen and oxygen atoms in total. The minimum atomic E-state index is 0.209. The summed E-state index contributed by atoms with van der Waals surface area (Å²) in [6, 6.07) is 0. The summed E-state index contributed by atoms with van der Waals surface area (Å²) in [5.74, 6) is 1.62. The normalized spacial score (nSPS) is 19.3. The molecular weight excluding hydrogens is 326 g/mol. The predicted octanol–water partition coefficient (Wildman–Crippen LogP) is 2.02. The van der Waals surface area contributed by atoms with Crippen LogP contribution in [0.15, 0.2) is 4.99 Å². The average molecular weight is 370 g/mol. The Morgan fingerprint density at radius 2 is 1.96 bits per heavy atom. The zero-order valence-electron chi connectivity index (χ0n) is 17.9. The zero-order chi connectivity index (χ0) is 19.2. The van der Waals surface area contributed by atoms with Gasteiger partial charge < -0.3 is 20.3 Å². The van der Waals surface area contributed by atoms with E-state index in [0.717, 1.165) is 64.9 Å². The molecule has 26 heavy (non-hydrogen) atoms. The van der Waals surface area contributed by atoms with Crippen molar-refractivity contribution in [1.82, 2.24) is 20.4 Å². The minimum absolute atomic E-state index is 0.209. The molecule has 1 aliphatic heterocycles. The Labute approximate surface area is 161 Å². The van der Waals surface area contributed by atoms with Crippen molar-refractivity contribution in [3.8, 4) is 0 Å². The number of aliphatic imine (C=N–C) groups is 1. The summed E-state index contributed by atoms with van der Waals surface area (Å²) < 4.78 is 5.90. The van der Waals surface area contributed by atoms with Gasteiger partial charge in [0.1, 0.15) is 0 Å². The highest BCUT2D eigenvalue weighted by molar-refractivity contribution is 5.79. The lowest BCUT2D eigenvalue weighted by molar-refractivity contribution is -0.0261. The third-order valence-electron chi connectivity index (χ3n) is 4.73. The van der Waals surface area contributed by atoms with Gasteiger partial charge in [0.05, 0.1) is 19.3 Å². The van der Waals surface area contributed by atoms with Gasteiger partial charge in [-0.25, -0.2) is 0 Å². The van der Waals surface area contributed by atoms with E-state index in [0.29, 0.717) is 5.92 Å². The fraction of sp³-hybridized carbons (Fsp3) is 0.950. The lowest BCUT2D eigenvalue weighted by Crippen LogP contribution is -2.46.